The van der Waals surface area contributed by atoms with Gasteiger partial charge in [-0.25, -0.2) is 0 Å². The third kappa shape index (κ3) is 2.69. The lowest BCUT2D eigenvalue weighted by atomic mass is 10.2. The molecule has 0 atom stereocenters. The summed E-state index contributed by atoms with van der Waals surface area (Å²) in [4.78, 5) is 11.9. The van der Waals surface area contributed by atoms with Crippen LogP contribution in [0.3, 0.4) is 0 Å². The maximum atomic E-state index is 12.9. The Morgan fingerprint density at radius 2 is 1.81 bits per heavy atom. The molecule has 0 aliphatic carbocycles. The minimum absolute atomic E-state index is 0.106. The van der Waals surface area contributed by atoms with Crippen LogP contribution in [0.15, 0.2) is 42.7 Å². The fourth-order valence-electron chi connectivity index (χ4n) is 1.79. The lowest BCUT2D eigenvalue weighted by Gasteiger charge is -2.06. The number of hydrogen-bond acceptors (Lipinski definition) is 4. The van der Waals surface area contributed by atoms with Crippen molar-refractivity contribution in [2.24, 2.45) is 0 Å². The summed E-state index contributed by atoms with van der Waals surface area (Å²) in [5.74, 6) is -0.755. The number of carbonyl (C=O) groups is 1. The summed E-state index contributed by atoms with van der Waals surface area (Å²) >= 11 is 0. The van der Waals surface area contributed by atoms with Gasteiger partial charge in [-0.3, -0.25) is 4.79 Å². The minimum atomic E-state index is -3.70. The number of rotatable bonds is 2. The van der Waals surface area contributed by atoms with E-state index in [1.165, 1.54) is 42.7 Å². The molecule has 0 radical (unpaired) electrons. The van der Waals surface area contributed by atoms with Crippen LogP contribution in [0.5, 0.6) is 11.5 Å². The van der Waals surface area contributed by atoms with Gasteiger partial charge in [-0.05, 0) is 12.1 Å². The van der Waals surface area contributed by atoms with Gasteiger partial charge in [0.2, 0.25) is 0 Å². The van der Waals surface area contributed by atoms with Gasteiger partial charge in [-0.2, -0.15) is 4.73 Å². The van der Waals surface area contributed by atoms with Gasteiger partial charge in [-0.15, -0.1) is 8.78 Å². The molecule has 1 aliphatic rings. The van der Waals surface area contributed by atoms with Crippen molar-refractivity contribution >= 4 is 11.6 Å². The highest BCUT2D eigenvalue weighted by molar-refractivity contribution is 6.04. The first-order valence-electron chi connectivity index (χ1n) is 5.83. The maximum absolute atomic E-state index is 12.9. The number of aromatic nitrogens is 1. The third-order valence-corrected chi connectivity index (χ3v) is 2.72. The molecule has 8 heteroatoms. The predicted octanol–water partition coefficient (Wildman–Crippen LogP) is 1.89. The van der Waals surface area contributed by atoms with Crippen LogP contribution in [0.1, 0.15) is 10.4 Å². The molecular formula is C13H8F2N2O4. The Hall–Kier alpha value is -2.90. The largest absolute Gasteiger partial charge is 0.619 e. The van der Waals surface area contributed by atoms with Crippen molar-refractivity contribution in [3.05, 3.63) is 53.5 Å². The van der Waals surface area contributed by atoms with Gasteiger partial charge in [-0.1, -0.05) is 0 Å². The molecule has 3 rings (SSSR count). The van der Waals surface area contributed by atoms with E-state index in [4.69, 9.17) is 0 Å². The molecular weight excluding hydrogens is 286 g/mol. The molecule has 108 valence electrons. The second kappa shape index (κ2) is 4.58. The fraction of sp³-hybridized carbons (Fsp3) is 0.0769. The Morgan fingerprint density at radius 1 is 1.14 bits per heavy atom. The number of halogens is 2. The highest BCUT2D eigenvalue weighted by atomic mass is 19.3. The molecule has 1 amide bonds. The van der Waals surface area contributed by atoms with Crippen molar-refractivity contribution in [1.29, 1.82) is 0 Å². The smallest absolute Gasteiger partial charge is 0.586 e. The third-order valence-electron chi connectivity index (χ3n) is 2.72. The van der Waals surface area contributed by atoms with E-state index in [9.17, 15) is 18.8 Å². The lowest BCUT2D eigenvalue weighted by Crippen LogP contribution is -2.26. The van der Waals surface area contributed by atoms with Gasteiger partial charge < -0.3 is 20.0 Å². The summed E-state index contributed by atoms with van der Waals surface area (Å²) in [6, 6.07) is 6.57. The first kappa shape index (κ1) is 13.1. The van der Waals surface area contributed by atoms with Crippen molar-refractivity contribution in [2.75, 3.05) is 5.32 Å². The molecule has 0 bridgehead atoms. The number of hydrogen-bond donors (Lipinski definition) is 1. The Kier molecular flexibility index (Phi) is 2.86. The van der Waals surface area contributed by atoms with Crippen LogP contribution in [0.25, 0.3) is 0 Å². The monoisotopic (exact) mass is 294 g/mol. The molecule has 1 aromatic heterocycles. The average Bonchev–Trinajstić information content (AvgIpc) is 2.72. The molecule has 0 fully saturated rings. The molecule has 2 aromatic rings. The lowest BCUT2D eigenvalue weighted by molar-refractivity contribution is -0.605. The Balaban J connectivity index is 1.77. The number of benzene rings is 1. The molecule has 1 aromatic carbocycles. The first-order valence-corrected chi connectivity index (χ1v) is 5.83. The van der Waals surface area contributed by atoms with Crippen LogP contribution in [0.4, 0.5) is 14.5 Å². The summed E-state index contributed by atoms with van der Waals surface area (Å²) in [6.07, 6.45) is -1.35. The fourth-order valence-corrected chi connectivity index (χ4v) is 1.79. The molecule has 1 aliphatic heterocycles. The highest BCUT2D eigenvalue weighted by Crippen LogP contribution is 2.42. The summed E-state index contributed by atoms with van der Waals surface area (Å²) in [7, 11) is 0. The molecule has 0 unspecified atom stereocenters. The average molecular weight is 294 g/mol. The van der Waals surface area contributed by atoms with Crippen LogP contribution in [0.2, 0.25) is 0 Å². The number of nitrogens with zero attached hydrogens (tertiary/aromatic N) is 1. The molecule has 21 heavy (non-hydrogen) atoms. The molecule has 0 spiro atoms. The van der Waals surface area contributed by atoms with Crippen LogP contribution in [-0.4, -0.2) is 12.2 Å². The number of pyridine rings is 1. The van der Waals surface area contributed by atoms with E-state index in [-0.39, 0.29) is 22.7 Å². The van der Waals surface area contributed by atoms with Gasteiger partial charge in [0.25, 0.3) is 5.91 Å². The molecule has 2 heterocycles. The standard InChI is InChI=1S/C13H8F2N2O4/c14-13(15)20-10-2-1-9(7-11(10)21-13)16-12(18)8-3-5-17(19)6-4-8/h1-7H,(H,16,18). The number of amides is 1. The van der Waals surface area contributed by atoms with Gasteiger partial charge in [0.15, 0.2) is 23.9 Å². The van der Waals surface area contributed by atoms with Gasteiger partial charge in [0, 0.05) is 23.9 Å². The number of alkyl halides is 2. The molecule has 6 nitrogen and oxygen atoms in total. The van der Waals surface area contributed by atoms with Crippen molar-refractivity contribution in [3.63, 3.8) is 0 Å². The van der Waals surface area contributed by atoms with E-state index in [2.05, 4.69) is 14.8 Å². The Morgan fingerprint density at radius 3 is 2.52 bits per heavy atom. The SMILES string of the molecule is O=C(Nc1ccc2c(c1)OC(F)(F)O2)c1cc[n+]([O-])cc1. The van der Waals surface area contributed by atoms with Crippen LogP contribution < -0.4 is 19.5 Å². The van der Waals surface area contributed by atoms with Gasteiger partial charge >= 0.3 is 6.29 Å². The van der Waals surface area contributed by atoms with Gasteiger partial charge in [0.1, 0.15) is 0 Å². The van der Waals surface area contributed by atoms with Gasteiger partial charge in [0.05, 0.1) is 5.56 Å². The molecule has 1 N–H and O–H groups in total. The predicted molar refractivity (Wildman–Crippen MR) is 66.0 cm³/mol. The summed E-state index contributed by atoms with van der Waals surface area (Å²) in [5, 5.41) is 13.4. The summed E-state index contributed by atoms with van der Waals surface area (Å²) < 4.78 is 34.8. The number of carbonyl (C=O) groups excluding carboxylic acids is 1. The Bertz CT molecular complexity index is 704. The quantitative estimate of drug-likeness (QED) is 0.678. The number of ether oxygens (including phenoxy) is 2. The van der Waals surface area contributed by atoms with E-state index in [1.54, 1.807) is 0 Å². The normalized spacial score (nSPS) is 14.8. The molecule has 0 saturated carbocycles. The van der Waals surface area contributed by atoms with Crippen molar-refractivity contribution in [2.45, 2.75) is 6.29 Å². The van der Waals surface area contributed by atoms with Crippen LogP contribution in [-0.2, 0) is 0 Å². The number of nitrogens with one attached hydrogen (secondary N) is 1. The van der Waals surface area contributed by atoms with E-state index < -0.39 is 12.2 Å². The maximum Gasteiger partial charge on any atom is 0.586 e. The van der Waals surface area contributed by atoms with E-state index in [0.717, 1.165) is 0 Å². The zero-order valence-corrected chi connectivity index (χ0v) is 10.4. The van der Waals surface area contributed by atoms with Crippen LogP contribution >= 0.6 is 0 Å². The van der Waals surface area contributed by atoms with Crippen molar-refractivity contribution < 1.29 is 27.8 Å². The summed E-state index contributed by atoms with van der Waals surface area (Å²) in [5.41, 5.74) is 0.518. The first-order chi connectivity index (χ1) is 9.93. The zero-order valence-electron chi connectivity index (χ0n) is 10.4. The second-order valence-corrected chi connectivity index (χ2v) is 4.23. The topological polar surface area (TPSA) is 74.5 Å². The zero-order chi connectivity index (χ0) is 15.0. The Labute approximate surface area is 117 Å². The van der Waals surface area contributed by atoms with Crippen LogP contribution in [0, 0.1) is 5.21 Å². The minimum Gasteiger partial charge on any atom is -0.619 e. The highest BCUT2D eigenvalue weighted by Gasteiger charge is 2.43. The van der Waals surface area contributed by atoms with Crippen molar-refractivity contribution in [1.82, 2.24) is 0 Å². The second-order valence-electron chi connectivity index (χ2n) is 4.23. The number of fused-ring (bicyclic) bond motifs is 1. The summed E-state index contributed by atoms with van der Waals surface area (Å²) in [6.45, 7) is 0. The van der Waals surface area contributed by atoms with E-state index in [1.807, 2.05) is 0 Å². The van der Waals surface area contributed by atoms with Crippen molar-refractivity contribution in [3.8, 4) is 11.5 Å². The number of anilines is 1. The molecule has 0 saturated heterocycles. The van der Waals surface area contributed by atoms with E-state index >= 15 is 0 Å². The van der Waals surface area contributed by atoms with E-state index in [0.29, 0.717) is 4.73 Å².